The maximum atomic E-state index is 6.84. The Morgan fingerprint density at radius 3 is 0.543 bits per heavy atom. The van der Waals surface area contributed by atoms with Crippen molar-refractivity contribution in [1.29, 1.82) is 0 Å². The zero-order valence-electron chi connectivity index (χ0n) is 57.0. The molecular weight excluding hydrogens is 1140 g/mol. The van der Waals surface area contributed by atoms with Crippen molar-refractivity contribution < 1.29 is 65.5 Å². The van der Waals surface area contributed by atoms with E-state index in [1.807, 2.05) is 55.9 Å². The summed E-state index contributed by atoms with van der Waals surface area (Å²) in [6, 6.07) is 4.58. The summed E-state index contributed by atoms with van der Waals surface area (Å²) in [5.74, 6) is 0. The Bertz CT molecular complexity index is 1270. The SMILES string of the molecule is CCN(CC)CCC[Si](OC)(OC)O[Si](CCCN(CC)CC)(OC)OC.CCO[Si](CCCN(CC)CC)(OCC)O[Si](CCCN(CC)CC)(OCC)OCC.CO[Si](CCCN(C)C)(OC)O[Si](CCCN(C)C)(OC)OC. The Kier molecular flexibility index (Phi) is 54.3. The third-order valence-corrected chi connectivity index (χ3v) is 35.6. The zero-order valence-corrected chi connectivity index (χ0v) is 63.0. The van der Waals surface area contributed by atoms with Crippen LogP contribution < -0.4 is 0 Å². The molecule has 0 atom stereocenters. The smallest absolute Gasteiger partial charge is 0.377 e. The highest BCUT2D eigenvalue weighted by atomic mass is 28.5. The molecule has 21 nitrogen and oxygen atoms in total. The van der Waals surface area contributed by atoms with E-state index in [-0.39, 0.29) is 0 Å². The van der Waals surface area contributed by atoms with E-state index < -0.39 is 52.8 Å². The lowest BCUT2D eigenvalue weighted by molar-refractivity contribution is 0.0479. The van der Waals surface area contributed by atoms with Crippen LogP contribution in [0, 0.1) is 0 Å². The fourth-order valence-electron chi connectivity index (χ4n) is 9.33. The zero-order chi connectivity index (χ0) is 62.3. The molecule has 0 aliphatic rings. The second-order valence-electron chi connectivity index (χ2n) is 20.1. The highest BCUT2D eigenvalue weighted by Crippen LogP contribution is 2.30. The van der Waals surface area contributed by atoms with E-state index >= 15 is 0 Å². The van der Waals surface area contributed by atoms with Crippen molar-refractivity contribution in [2.45, 2.75) is 158 Å². The summed E-state index contributed by atoms with van der Waals surface area (Å²) >= 11 is 0. The van der Waals surface area contributed by atoms with Crippen LogP contribution >= 0.6 is 0 Å². The highest BCUT2D eigenvalue weighted by Gasteiger charge is 2.54. The van der Waals surface area contributed by atoms with Gasteiger partial charge < -0.3 is 94.9 Å². The van der Waals surface area contributed by atoms with Crippen LogP contribution in [0.15, 0.2) is 0 Å². The van der Waals surface area contributed by atoms with E-state index in [2.05, 4.69) is 84.8 Å². The van der Waals surface area contributed by atoms with Gasteiger partial charge in [-0.2, -0.15) is 0 Å². The molecule has 0 saturated carbocycles. The Hall–Kier alpha value is 0.461. The molecule has 0 aromatic heterocycles. The maximum Gasteiger partial charge on any atom is 0.493 e. The average molecular weight is 1270 g/mol. The van der Waals surface area contributed by atoms with Gasteiger partial charge in [-0.25, -0.2) is 0 Å². The fraction of sp³-hybridized carbons (Fsp3) is 1.00. The summed E-state index contributed by atoms with van der Waals surface area (Å²) in [4.78, 5) is 13.9. The molecule has 0 aliphatic heterocycles. The van der Waals surface area contributed by atoms with Gasteiger partial charge in [0.1, 0.15) is 0 Å². The molecule has 0 aromatic rings. The first kappa shape index (κ1) is 85.7. The largest absolute Gasteiger partial charge is 0.493 e. The quantitative estimate of drug-likeness (QED) is 0.0532. The van der Waals surface area contributed by atoms with Gasteiger partial charge in [0.05, 0.1) is 0 Å². The van der Waals surface area contributed by atoms with Gasteiger partial charge in [-0.15, -0.1) is 0 Å². The minimum Gasteiger partial charge on any atom is -0.377 e. The van der Waals surface area contributed by atoms with Crippen LogP contribution in [0.3, 0.4) is 0 Å². The van der Waals surface area contributed by atoms with E-state index in [1.54, 1.807) is 56.9 Å². The summed E-state index contributed by atoms with van der Waals surface area (Å²) < 4.78 is 90.8. The van der Waals surface area contributed by atoms with Crippen molar-refractivity contribution in [1.82, 2.24) is 29.4 Å². The first-order chi connectivity index (χ1) is 38.7. The van der Waals surface area contributed by atoms with Gasteiger partial charge >= 0.3 is 52.8 Å². The van der Waals surface area contributed by atoms with Crippen molar-refractivity contribution in [3.8, 4) is 0 Å². The summed E-state index contributed by atoms with van der Waals surface area (Å²) in [5, 5.41) is 0. The second kappa shape index (κ2) is 51.4. The molecule has 0 bridgehead atoms. The standard InChI is InChI=1S/C22H52N2O5Si2.C18H44N2O5Si2.C14H36N2O5Si2/c1-9-23(10-2)19-17-21-30(25-13-5,26-14-6)29-31(27-15-7,28-16-8)22-18-20-24(11-3)12-4;1-9-19(10-2)15-13-17-26(21-5,22-6)25-27(23-7,24-8)18-14-16-20(11-3)12-4;1-15(2)11-9-13-22(17-5,18-6)21-23(19-7,20-8)14-10-12-16(3)4/h9-22H2,1-8H3;9-18H2,1-8H3;9-14H2,1-8H3. The van der Waals surface area contributed by atoms with Gasteiger partial charge in [0, 0.05) is 120 Å². The van der Waals surface area contributed by atoms with E-state index in [0.717, 1.165) is 166 Å². The van der Waals surface area contributed by atoms with Gasteiger partial charge in [0.2, 0.25) is 0 Å². The number of hydrogen-bond donors (Lipinski definition) is 0. The molecule has 0 saturated heterocycles. The molecule has 0 fully saturated rings. The van der Waals surface area contributed by atoms with Gasteiger partial charge in [0.25, 0.3) is 0 Å². The summed E-state index contributed by atoms with van der Waals surface area (Å²) in [5.41, 5.74) is 0. The van der Waals surface area contributed by atoms with E-state index in [0.29, 0.717) is 26.4 Å². The Morgan fingerprint density at radius 1 is 0.235 bits per heavy atom. The first-order valence-corrected chi connectivity index (χ1v) is 42.5. The molecule has 81 heavy (non-hydrogen) atoms. The number of rotatable bonds is 54. The lowest BCUT2D eigenvalue weighted by Crippen LogP contribution is -2.59. The van der Waals surface area contributed by atoms with E-state index in [1.165, 1.54) is 0 Å². The third kappa shape index (κ3) is 36.5. The minimum atomic E-state index is -2.92. The van der Waals surface area contributed by atoms with Gasteiger partial charge in [-0.1, -0.05) is 55.4 Å². The molecule has 0 heterocycles. The molecule has 492 valence electrons. The first-order valence-electron chi connectivity index (χ1n) is 30.9. The van der Waals surface area contributed by atoms with Crippen LogP contribution in [0.4, 0.5) is 0 Å². The average Bonchev–Trinajstić information content (AvgIpc) is 3.47. The van der Waals surface area contributed by atoms with Crippen LogP contribution in [0.5, 0.6) is 0 Å². The molecule has 0 N–H and O–H groups in total. The molecule has 0 unspecified atom stereocenters. The Morgan fingerprint density at radius 2 is 0.395 bits per heavy atom. The number of nitrogens with zero attached hydrogens (tertiary/aromatic N) is 6. The van der Waals surface area contributed by atoms with Crippen molar-refractivity contribution >= 4 is 52.8 Å². The molecule has 0 rings (SSSR count). The monoisotopic (exact) mass is 1270 g/mol. The molecule has 27 heteroatoms. The van der Waals surface area contributed by atoms with Crippen LogP contribution in [-0.4, -0.2) is 285 Å². The van der Waals surface area contributed by atoms with Crippen LogP contribution in [0.25, 0.3) is 0 Å². The molecule has 0 aliphatic carbocycles. The van der Waals surface area contributed by atoms with Gasteiger partial charge in [-0.05, 0) is 186 Å². The van der Waals surface area contributed by atoms with Crippen LogP contribution in [0.1, 0.15) is 122 Å². The number of hydrogen-bond acceptors (Lipinski definition) is 21. The fourth-order valence-corrected chi connectivity index (χ4v) is 29.4. The molecular formula is C54H132N6O15Si6. The van der Waals surface area contributed by atoms with Crippen molar-refractivity contribution in [2.24, 2.45) is 0 Å². The van der Waals surface area contributed by atoms with E-state index in [9.17, 15) is 0 Å². The third-order valence-electron chi connectivity index (χ3n) is 14.5. The van der Waals surface area contributed by atoms with Crippen molar-refractivity contribution in [3.05, 3.63) is 0 Å². The minimum absolute atomic E-state index is 0.569. The van der Waals surface area contributed by atoms with Crippen molar-refractivity contribution in [3.63, 3.8) is 0 Å². The Balaban J connectivity index is -0.00000114. The molecule has 0 spiro atoms. The summed E-state index contributed by atoms with van der Waals surface area (Å²) in [6.07, 6.45) is 5.78. The van der Waals surface area contributed by atoms with Crippen LogP contribution in [0.2, 0.25) is 36.3 Å². The molecule has 0 radical (unpaired) electrons. The Labute approximate surface area is 506 Å². The summed E-state index contributed by atoms with van der Waals surface area (Å²) in [7, 11) is 4.39. The van der Waals surface area contributed by atoms with Gasteiger partial charge in [-0.3, -0.25) is 0 Å². The predicted octanol–water partition coefficient (Wildman–Crippen LogP) is 8.79. The highest BCUT2D eigenvalue weighted by molar-refractivity contribution is 6.76. The van der Waals surface area contributed by atoms with E-state index in [4.69, 9.17) is 65.5 Å². The summed E-state index contributed by atoms with van der Waals surface area (Å²) in [6.45, 7) is 42.2. The normalized spacial score (nSPS) is 13.1. The molecule has 0 amide bonds. The topological polar surface area (TPSA) is 158 Å². The maximum absolute atomic E-state index is 6.84. The lowest BCUT2D eigenvalue weighted by atomic mass is 10.4. The van der Waals surface area contributed by atoms with Crippen LogP contribution in [-0.2, 0) is 65.5 Å². The van der Waals surface area contributed by atoms with Gasteiger partial charge in [0.15, 0.2) is 0 Å². The second-order valence-corrected chi connectivity index (χ2v) is 38.2. The predicted molar refractivity (Wildman–Crippen MR) is 345 cm³/mol. The molecule has 0 aromatic carbocycles. The lowest BCUT2D eigenvalue weighted by Gasteiger charge is -2.38. The van der Waals surface area contributed by atoms with Crippen molar-refractivity contribution in [2.75, 3.05) is 203 Å².